The summed E-state index contributed by atoms with van der Waals surface area (Å²) in [5.74, 6) is 0. The van der Waals surface area contributed by atoms with E-state index in [0.29, 0.717) is 0 Å². The van der Waals surface area contributed by atoms with E-state index in [2.05, 4.69) is 31.9 Å². The van der Waals surface area contributed by atoms with Crippen molar-refractivity contribution in [3.63, 3.8) is 0 Å². The fraction of sp³-hybridized carbons (Fsp3) is 1.00. The van der Waals surface area contributed by atoms with Crippen LogP contribution in [-0.4, -0.2) is 14.4 Å². The standard InChI is InChI=1S/C4H8Br2O/c1-3(7)4(2,5)6/h3,7H,1-2H3. The number of hydrogen-bond acceptors (Lipinski definition) is 1. The van der Waals surface area contributed by atoms with Crippen LogP contribution in [0.3, 0.4) is 0 Å². The second-order valence-corrected chi connectivity index (χ2v) is 5.99. The Hall–Kier alpha value is 0.920. The smallest absolute Gasteiger partial charge is 0.103 e. The van der Waals surface area contributed by atoms with Crippen LogP contribution in [-0.2, 0) is 0 Å². The van der Waals surface area contributed by atoms with Crippen molar-refractivity contribution in [2.75, 3.05) is 0 Å². The highest BCUT2D eigenvalue weighted by molar-refractivity contribution is 9.25. The van der Waals surface area contributed by atoms with Gasteiger partial charge < -0.3 is 5.11 Å². The van der Waals surface area contributed by atoms with Gasteiger partial charge in [-0.1, -0.05) is 31.9 Å². The van der Waals surface area contributed by atoms with E-state index in [-0.39, 0.29) is 9.34 Å². The molecule has 0 aliphatic carbocycles. The minimum absolute atomic E-state index is 0.319. The molecular formula is C4H8Br2O. The van der Waals surface area contributed by atoms with Crippen LogP contribution in [0.4, 0.5) is 0 Å². The van der Waals surface area contributed by atoms with Crippen LogP contribution < -0.4 is 0 Å². The summed E-state index contributed by atoms with van der Waals surface area (Å²) in [7, 11) is 0. The third-order valence-electron chi connectivity index (χ3n) is 0.734. The molecular weight excluding hydrogens is 224 g/mol. The van der Waals surface area contributed by atoms with Gasteiger partial charge >= 0.3 is 0 Å². The molecule has 1 atom stereocenters. The van der Waals surface area contributed by atoms with Crippen molar-refractivity contribution >= 4 is 31.9 Å². The normalized spacial score (nSPS) is 16.7. The zero-order chi connectivity index (χ0) is 6.08. The molecule has 0 amide bonds. The minimum atomic E-state index is -0.368. The fourth-order valence-electron chi connectivity index (χ4n) is 0. The third-order valence-corrected chi connectivity index (χ3v) is 2.06. The summed E-state index contributed by atoms with van der Waals surface area (Å²) in [5, 5.41) is 8.80. The first-order valence-electron chi connectivity index (χ1n) is 2.00. The first kappa shape index (κ1) is 7.92. The summed E-state index contributed by atoms with van der Waals surface area (Å²) >= 11 is 6.42. The third kappa shape index (κ3) is 3.50. The van der Waals surface area contributed by atoms with Crippen molar-refractivity contribution < 1.29 is 5.11 Å². The van der Waals surface area contributed by atoms with E-state index in [1.165, 1.54) is 0 Å². The lowest BCUT2D eigenvalue weighted by Gasteiger charge is -2.16. The molecule has 0 heterocycles. The number of aliphatic hydroxyl groups excluding tert-OH is 1. The molecule has 0 aliphatic heterocycles. The second-order valence-electron chi connectivity index (χ2n) is 1.63. The molecule has 0 saturated heterocycles. The average molecular weight is 232 g/mol. The van der Waals surface area contributed by atoms with Crippen molar-refractivity contribution in [1.29, 1.82) is 0 Å². The van der Waals surface area contributed by atoms with Crippen LogP contribution in [0.1, 0.15) is 13.8 Å². The molecule has 0 saturated carbocycles. The van der Waals surface area contributed by atoms with Crippen LogP contribution in [0.2, 0.25) is 0 Å². The summed E-state index contributed by atoms with van der Waals surface area (Å²) in [6.07, 6.45) is -0.368. The van der Waals surface area contributed by atoms with Crippen molar-refractivity contribution in [3.05, 3.63) is 0 Å². The summed E-state index contributed by atoms with van der Waals surface area (Å²) in [4.78, 5) is 0. The maximum absolute atomic E-state index is 8.80. The SMILES string of the molecule is CC(O)C(C)(Br)Br. The molecule has 7 heavy (non-hydrogen) atoms. The fourth-order valence-corrected chi connectivity index (χ4v) is 0. The lowest BCUT2D eigenvalue weighted by Crippen LogP contribution is -2.22. The quantitative estimate of drug-likeness (QED) is 0.684. The van der Waals surface area contributed by atoms with Crippen LogP contribution in [0.25, 0.3) is 0 Å². The highest BCUT2D eigenvalue weighted by Gasteiger charge is 2.21. The maximum atomic E-state index is 8.80. The Morgan fingerprint density at radius 3 is 1.71 bits per heavy atom. The molecule has 3 heteroatoms. The largest absolute Gasteiger partial charge is 0.391 e. The summed E-state index contributed by atoms with van der Waals surface area (Å²) in [5.41, 5.74) is 0. The molecule has 0 spiro atoms. The summed E-state index contributed by atoms with van der Waals surface area (Å²) < 4.78 is -0.319. The Morgan fingerprint density at radius 1 is 1.57 bits per heavy atom. The summed E-state index contributed by atoms with van der Waals surface area (Å²) in [6, 6.07) is 0. The van der Waals surface area contributed by atoms with Gasteiger partial charge in [0.15, 0.2) is 0 Å². The number of aliphatic hydroxyl groups is 1. The number of hydrogen-bond donors (Lipinski definition) is 1. The van der Waals surface area contributed by atoms with Gasteiger partial charge in [-0.05, 0) is 13.8 Å². The molecule has 1 N–H and O–H groups in total. The van der Waals surface area contributed by atoms with E-state index >= 15 is 0 Å². The van der Waals surface area contributed by atoms with Gasteiger partial charge in [0, 0.05) is 0 Å². The van der Waals surface area contributed by atoms with E-state index in [0.717, 1.165) is 0 Å². The van der Waals surface area contributed by atoms with Crippen LogP contribution >= 0.6 is 31.9 Å². The van der Waals surface area contributed by atoms with Crippen molar-refractivity contribution in [2.45, 2.75) is 23.2 Å². The van der Waals surface area contributed by atoms with Crippen molar-refractivity contribution in [2.24, 2.45) is 0 Å². The lowest BCUT2D eigenvalue weighted by molar-refractivity contribution is 0.190. The Labute approximate surface area is 60.4 Å². The molecule has 44 valence electrons. The molecule has 0 aliphatic rings. The van der Waals surface area contributed by atoms with Gasteiger partial charge in [0.05, 0.1) is 6.10 Å². The molecule has 0 rings (SSSR count). The van der Waals surface area contributed by atoms with Crippen molar-refractivity contribution in [3.8, 4) is 0 Å². The predicted octanol–water partition coefficient (Wildman–Crippen LogP) is 1.87. The number of alkyl halides is 2. The van der Waals surface area contributed by atoms with Crippen molar-refractivity contribution in [1.82, 2.24) is 0 Å². The summed E-state index contributed by atoms with van der Waals surface area (Å²) in [6.45, 7) is 3.56. The van der Waals surface area contributed by atoms with E-state index < -0.39 is 0 Å². The monoisotopic (exact) mass is 230 g/mol. The second kappa shape index (κ2) is 2.46. The highest BCUT2D eigenvalue weighted by atomic mass is 79.9. The first-order chi connectivity index (χ1) is 2.94. The molecule has 0 aromatic heterocycles. The predicted molar refractivity (Wildman–Crippen MR) is 37.9 cm³/mol. The Balaban J connectivity index is 3.54. The van der Waals surface area contributed by atoms with Gasteiger partial charge in [0.25, 0.3) is 0 Å². The van der Waals surface area contributed by atoms with Gasteiger partial charge in [-0.15, -0.1) is 0 Å². The van der Waals surface area contributed by atoms with Crippen LogP contribution in [0, 0.1) is 0 Å². The van der Waals surface area contributed by atoms with E-state index in [1.807, 2.05) is 6.92 Å². The minimum Gasteiger partial charge on any atom is -0.391 e. The van der Waals surface area contributed by atoms with Crippen LogP contribution in [0.5, 0.6) is 0 Å². The van der Waals surface area contributed by atoms with Gasteiger partial charge in [0.1, 0.15) is 3.23 Å². The Morgan fingerprint density at radius 2 is 1.71 bits per heavy atom. The zero-order valence-electron chi connectivity index (χ0n) is 4.28. The molecule has 0 bridgehead atoms. The van der Waals surface area contributed by atoms with Crippen LogP contribution in [0.15, 0.2) is 0 Å². The van der Waals surface area contributed by atoms with E-state index in [4.69, 9.17) is 5.11 Å². The Kier molecular flexibility index (Phi) is 2.79. The lowest BCUT2D eigenvalue weighted by atomic mass is 10.3. The van der Waals surface area contributed by atoms with E-state index in [1.54, 1.807) is 6.92 Å². The Bertz CT molecular complexity index is 55.2. The average Bonchev–Trinajstić information content (AvgIpc) is 1.31. The molecule has 1 nitrogen and oxygen atoms in total. The maximum Gasteiger partial charge on any atom is 0.103 e. The first-order valence-corrected chi connectivity index (χ1v) is 3.59. The molecule has 0 fully saturated rings. The van der Waals surface area contributed by atoms with Gasteiger partial charge in [-0.2, -0.15) is 0 Å². The molecule has 0 aromatic rings. The molecule has 0 aromatic carbocycles. The molecule has 1 unspecified atom stereocenters. The highest BCUT2D eigenvalue weighted by Crippen LogP contribution is 2.28. The van der Waals surface area contributed by atoms with E-state index in [9.17, 15) is 0 Å². The molecule has 0 radical (unpaired) electrons. The topological polar surface area (TPSA) is 20.2 Å². The number of halogens is 2. The van der Waals surface area contributed by atoms with Gasteiger partial charge in [0.2, 0.25) is 0 Å². The zero-order valence-corrected chi connectivity index (χ0v) is 7.45. The van der Waals surface area contributed by atoms with Gasteiger partial charge in [-0.3, -0.25) is 0 Å². The van der Waals surface area contributed by atoms with Gasteiger partial charge in [-0.25, -0.2) is 0 Å². The number of rotatable bonds is 1.